The van der Waals surface area contributed by atoms with Crippen molar-refractivity contribution >= 4 is 34.7 Å². The molecule has 6 nitrogen and oxygen atoms in total. The molecule has 0 spiro atoms. The van der Waals surface area contributed by atoms with E-state index < -0.39 is 0 Å². The van der Waals surface area contributed by atoms with Gasteiger partial charge in [0.1, 0.15) is 23.6 Å². The Balaban J connectivity index is 1.75. The second kappa shape index (κ2) is 7.84. The van der Waals surface area contributed by atoms with Crippen molar-refractivity contribution in [3.05, 3.63) is 71.1 Å². The van der Waals surface area contributed by atoms with Gasteiger partial charge in [-0.15, -0.1) is 0 Å². The molecule has 2 N–H and O–H groups in total. The largest absolute Gasteiger partial charge is 0.497 e. The maximum Gasteiger partial charge on any atom is 0.274 e. The third kappa shape index (κ3) is 4.29. The molecule has 0 fully saturated rings. The number of carbonyl (C=O) groups excluding carboxylic acids is 1. The van der Waals surface area contributed by atoms with E-state index in [9.17, 15) is 4.79 Å². The summed E-state index contributed by atoms with van der Waals surface area (Å²) in [7, 11) is 1.60. The first-order chi connectivity index (χ1) is 12.5. The van der Waals surface area contributed by atoms with Crippen molar-refractivity contribution in [1.82, 2.24) is 9.97 Å². The molecule has 0 aliphatic rings. The number of aryl methyl sites for hydroxylation is 1. The summed E-state index contributed by atoms with van der Waals surface area (Å²) < 4.78 is 5.19. The molecule has 0 bridgehead atoms. The van der Waals surface area contributed by atoms with Crippen LogP contribution in [-0.2, 0) is 0 Å². The van der Waals surface area contributed by atoms with Gasteiger partial charge in [0.2, 0.25) is 0 Å². The van der Waals surface area contributed by atoms with Crippen LogP contribution in [0.25, 0.3) is 0 Å². The molecule has 1 heterocycles. The van der Waals surface area contributed by atoms with Crippen molar-refractivity contribution in [1.29, 1.82) is 0 Å². The molecule has 0 saturated carbocycles. The fourth-order valence-electron chi connectivity index (χ4n) is 2.26. The molecule has 3 aromatic rings. The summed E-state index contributed by atoms with van der Waals surface area (Å²) >= 11 is 6.09. The van der Waals surface area contributed by atoms with E-state index in [0.29, 0.717) is 16.5 Å². The van der Waals surface area contributed by atoms with Crippen LogP contribution in [0.3, 0.4) is 0 Å². The summed E-state index contributed by atoms with van der Waals surface area (Å²) in [6.45, 7) is 1.90. The van der Waals surface area contributed by atoms with Crippen molar-refractivity contribution in [2.45, 2.75) is 6.92 Å². The molecular weight excluding hydrogens is 352 g/mol. The molecule has 3 rings (SSSR count). The van der Waals surface area contributed by atoms with E-state index in [-0.39, 0.29) is 11.6 Å². The first-order valence-electron chi connectivity index (χ1n) is 7.86. The van der Waals surface area contributed by atoms with Gasteiger partial charge < -0.3 is 15.4 Å². The number of methoxy groups -OCH3 is 1. The zero-order valence-corrected chi connectivity index (χ0v) is 15.0. The molecule has 7 heteroatoms. The Morgan fingerprint density at radius 2 is 1.92 bits per heavy atom. The van der Waals surface area contributed by atoms with Crippen LogP contribution in [0.4, 0.5) is 17.2 Å². The lowest BCUT2D eigenvalue weighted by Gasteiger charge is -2.09. The van der Waals surface area contributed by atoms with Gasteiger partial charge in [-0.25, -0.2) is 9.97 Å². The average molecular weight is 369 g/mol. The van der Waals surface area contributed by atoms with Crippen molar-refractivity contribution in [2.24, 2.45) is 0 Å². The van der Waals surface area contributed by atoms with E-state index in [4.69, 9.17) is 16.3 Å². The molecule has 0 aliphatic heterocycles. The highest BCUT2D eigenvalue weighted by atomic mass is 35.5. The zero-order chi connectivity index (χ0) is 18.5. The smallest absolute Gasteiger partial charge is 0.274 e. The van der Waals surface area contributed by atoms with E-state index in [1.54, 1.807) is 25.3 Å². The van der Waals surface area contributed by atoms with Crippen molar-refractivity contribution < 1.29 is 9.53 Å². The minimum absolute atomic E-state index is 0.238. The van der Waals surface area contributed by atoms with Gasteiger partial charge >= 0.3 is 0 Å². The number of aromatic nitrogens is 2. The molecule has 1 aromatic heterocycles. The van der Waals surface area contributed by atoms with E-state index in [0.717, 1.165) is 17.0 Å². The molecular formula is C19H17ClN4O2. The Hall–Kier alpha value is -3.12. The molecule has 0 radical (unpaired) electrons. The molecule has 0 aliphatic carbocycles. The molecule has 0 unspecified atom stereocenters. The fourth-order valence-corrected chi connectivity index (χ4v) is 2.44. The van der Waals surface area contributed by atoms with Gasteiger partial charge in [-0.1, -0.05) is 23.7 Å². The predicted octanol–water partition coefficient (Wildman–Crippen LogP) is 4.44. The lowest BCUT2D eigenvalue weighted by molar-refractivity contribution is 0.102. The monoisotopic (exact) mass is 368 g/mol. The number of rotatable bonds is 5. The van der Waals surface area contributed by atoms with Gasteiger partial charge in [0.15, 0.2) is 0 Å². The summed E-state index contributed by atoms with van der Waals surface area (Å²) in [5.74, 6) is 0.875. The summed E-state index contributed by atoms with van der Waals surface area (Å²) in [4.78, 5) is 20.6. The van der Waals surface area contributed by atoms with Crippen LogP contribution < -0.4 is 15.4 Å². The van der Waals surface area contributed by atoms with Gasteiger partial charge in [0.25, 0.3) is 5.91 Å². The van der Waals surface area contributed by atoms with Crippen LogP contribution in [0, 0.1) is 6.92 Å². The topological polar surface area (TPSA) is 76.1 Å². The maximum atomic E-state index is 12.4. The number of nitrogens with one attached hydrogen (secondary N) is 2. The minimum Gasteiger partial charge on any atom is -0.497 e. The predicted molar refractivity (Wildman–Crippen MR) is 102 cm³/mol. The second-order valence-corrected chi connectivity index (χ2v) is 5.97. The Labute approximate surface area is 156 Å². The van der Waals surface area contributed by atoms with Gasteiger partial charge in [-0.3, -0.25) is 4.79 Å². The summed E-state index contributed by atoms with van der Waals surface area (Å²) in [6.07, 6.45) is 1.33. The number of halogens is 1. The zero-order valence-electron chi connectivity index (χ0n) is 14.3. The Bertz CT molecular complexity index is 946. The lowest BCUT2D eigenvalue weighted by Crippen LogP contribution is -2.14. The highest BCUT2D eigenvalue weighted by Gasteiger charge is 2.10. The van der Waals surface area contributed by atoms with E-state index in [2.05, 4.69) is 20.6 Å². The van der Waals surface area contributed by atoms with Gasteiger partial charge in [0.05, 0.1) is 7.11 Å². The molecule has 2 aromatic carbocycles. The number of carbonyl (C=O) groups is 1. The van der Waals surface area contributed by atoms with Gasteiger partial charge in [-0.05, 0) is 36.8 Å². The SMILES string of the molecule is COc1cccc(Nc2cc(C(=O)Nc3ccc(C)c(Cl)c3)ncn2)c1. The van der Waals surface area contributed by atoms with Crippen LogP contribution in [0.15, 0.2) is 54.9 Å². The molecule has 1 amide bonds. The normalized spacial score (nSPS) is 10.3. The molecule has 26 heavy (non-hydrogen) atoms. The van der Waals surface area contributed by atoms with Crippen molar-refractivity contribution in [2.75, 3.05) is 17.7 Å². The molecule has 0 atom stereocenters. The second-order valence-electron chi connectivity index (χ2n) is 5.56. The third-order valence-electron chi connectivity index (χ3n) is 3.67. The lowest BCUT2D eigenvalue weighted by atomic mass is 10.2. The van der Waals surface area contributed by atoms with Crippen molar-refractivity contribution in [3.8, 4) is 5.75 Å². The molecule has 0 saturated heterocycles. The van der Waals surface area contributed by atoms with Crippen LogP contribution in [-0.4, -0.2) is 23.0 Å². The summed E-state index contributed by atoms with van der Waals surface area (Å²) in [5, 5.41) is 6.49. The third-order valence-corrected chi connectivity index (χ3v) is 4.08. The number of amides is 1. The average Bonchev–Trinajstić information content (AvgIpc) is 2.65. The highest BCUT2D eigenvalue weighted by Crippen LogP contribution is 2.22. The van der Waals surface area contributed by atoms with Gasteiger partial charge in [-0.2, -0.15) is 0 Å². The van der Waals surface area contributed by atoms with Crippen LogP contribution in [0.2, 0.25) is 5.02 Å². The number of nitrogens with zero attached hydrogens (tertiary/aromatic N) is 2. The highest BCUT2D eigenvalue weighted by molar-refractivity contribution is 6.31. The van der Waals surface area contributed by atoms with E-state index in [1.807, 2.05) is 37.3 Å². The van der Waals surface area contributed by atoms with E-state index >= 15 is 0 Å². The Kier molecular flexibility index (Phi) is 5.34. The Morgan fingerprint density at radius 3 is 2.69 bits per heavy atom. The van der Waals surface area contributed by atoms with Crippen LogP contribution in [0.1, 0.15) is 16.1 Å². The van der Waals surface area contributed by atoms with E-state index in [1.165, 1.54) is 6.33 Å². The summed E-state index contributed by atoms with van der Waals surface area (Å²) in [5.41, 5.74) is 2.57. The fraction of sp³-hybridized carbons (Fsp3) is 0.105. The van der Waals surface area contributed by atoms with Crippen LogP contribution in [0.5, 0.6) is 5.75 Å². The standard InChI is InChI=1S/C19H17ClN4O2/c1-12-6-7-14(9-16(12)20)24-19(25)17-10-18(22-11-21-17)23-13-4-3-5-15(8-13)26-2/h3-11H,1-2H3,(H,24,25)(H,21,22,23). The first-order valence-corrected chi connectivity index (χ1v) is 8.23. The van der Waals surface area contributed by atoms with Crippen molar-refractivity contribution in [3.63, 3.8) is 0 Å². The van der Waals surface area contributed by atoms with Crippen LogP contribution >= 0.6 is 11.6 Å². The minimum atomic E-state index is -0.346. The molecule has 132 valence electrons. The number of ether oxygens (including phenoxy) is 1. The quantitative estimate of drug-likeness (QED) is 0.696. The van der Waals surface area contributed by atoms with Gasteiger partial charge in [0, 0.05) is 28.5 Å². The number of anilines is 3. The summed E-state index contributed by atoms with van der Waals surface area (Å²) in [6, 6.07) is 14.3. The number of hydrogen-bond acceptors (Lipinski definition) is 5. The first kappa shape index (κ1) is 17.7. The number of hydrogen-bond donors (Lipinski definition) is 2. The Morgan fingerprint density at radius 1 is 1.08 bits per heavy atom. The maximum absolute atomic E-state index is 12.4. The number of benzene rings is 2.